The van der Waals surface area contributed by atoms with Crippen LogP contribution in [0.1, 0.15) is 32.3 Å². The van der Waals surface area contributed by atoms with E-state index in [9.17, 15) is 4.79 Å². The summed E-state index contributed by atoms with van der Waals surface area (Å²) in [6.07, 6.45) is 1.94. The first kappa shape index (κ1) is 14.3. The molecular formula is C13H16ClN3O. The highest BCUT2D eigenvalue weighted by atomic mass is 35.5. The number of nitriles is 1. The molecule has 18 heavy (non-hydrogen) atoms. The van der Waals surface area contributed by atoms with Crippen LogP contribution in [0.4, 0.5) is 10.5 Å². The van der Waals surface area contributed by atoms with Crippen LogP contribution in [-0.4, -0.2) is 12.1 Å². The first-order valence-corrected chi connectivity index (χ1v) is 6.21. The van der Waals surface area contributed by atoms with Gasteiger partial charge in [0, 0.05) is 11.7 Å². The molecule has 0 aliphatic rings. The Morgan fingerprint density at radius 1 is 1.56 bits per heavy atom. The summed E-state index contributed by atoms with van der Waals surface area (Å²) in [6.45, 7) is 4.01. The van der Waals surface area contributed by atoms with Gasteiger partial charge in [-0.05, 0) is 31.5 Å². The number of hydrogen-bond acceptors (Lipinski definition) is 2. The second-order valence-electron chi connectivity index (χ2n) is 4.09. The number of amides is 2. The molecule has 96 valence electrons. The highest BCUT2D eigenvalue weighted by Crippen LogP contribution is 2.19. The van der Waals surface area contributed by atoms with Gasteiger partial charge in [-0.15, -0.1) is 0 Å². The first-order chi connectivity index (χ1) is 8.56. The van der Waals surface area contributed by atoms with Crippen molar-refractivity contribution in [2.45, 2.75) is 32.7 Å². The highest BCUT2D eigenvalue weighted by Gasteiger charge is 2.07. The summed E-state index contributed by atoms with van der Waals surface area (Å²) in [5.74, 6) is 0. The molecule has 0 aliphatic heterocycles. The molecule has 1 atom stereocenters. The van der Waals surface area contributed by atoms with Crippen LogP contribution in [0.25, 0.3) is 0 Å². The Morgan fingerprint density at radius 3 is 2.89 bits per heavy atom. The van der Waals surface area contributed by atoms with Crippen LogP contribution in [-0.2, 0) is 0 Å². The van der Waals surface area contributed by atoms with E-state index in [0.29, 0.717) is 16.3 Å². The van der Waals surface area contributed by atoms with Crippen LogP contribution in [0.3, 0.4) is 0 Å². The Hall–Kier alpha value is -1.73. The Labute approximate surface area is 112 Å². The SMILES string of the molecule is CCC[C@@H](C)NC(=O)Nc1ccc(Cl)c(C#N)c1. The third-order valence-electron chi connectivity index (χ3n) is 2.44. The number of nitrogens with one attached hydrogen (secondary N) is 2. The zero-order chi connectivity index (χ0) is 13.5. The molecule has 0 saturated heterocycles. The molecule has 1 aromatic rings. The Bertz CT molecular complexity index is 468. The minimum atomic E-state index is -0.276. The van der Waals surface area contributed by atoms with Gasteiger partial charge in [0.1, 0.15) is 6.07 Å². The molecule has 0 heterocycles. The molecule has 0 aliphatic carbocycles. The number of nitrogens with zero attached hydrogens (tertiary/aromatic N) is 1. The Morgan fingerprint density at radius 2 is 2.28 bits per heavy atom. The number of halogens is 1. The number of carbonyl (C=O) groups excluding carboxylic acids is 1. The van der Waals surface area contributed by atoms with Gasteiger partial charge < -0.3 is 10.6 Å². The van der Waals surface area contributed by atoms with E-state index >= 15 is 0 Å². The van der Waals surface area contributed by atoms with Crippen molar-refractivity contribution in [2.24, 2.45) is 0 Å². The molecule has 1 rings (SSSR count). The Balaban J connectivity index is 2.62. The van der Waals surface area contributed by atoms with Gasteiger partial charge in [0.2, 0.25) is 0 Å². The first-order valence-electron chi connectivity index (χ1n) is 5.84. The van der Waals surface area contributed by atoms with E-state index in [2.05, 4.69) is 17.6 Å². The van der Waals surface area contributed by atoms with Crippen LogP contribution >= 0.6 is 11.6 Å². The smallest absolute Gasteiger partial charge is 0.319 e. The van der Waals surface area contributed by atoms with Crippen molar-refractivity contribution < 1.29 is 4.79 Å². The lowest BCUT2D eigenvalue weighted by Crippen LogP contribution is -2.35. The second kappa shape index (κ2) is 6.87. The summed E-state index contributed by atoms with van der Waals surface area (Å²) in [6, 6.07) is 6.61. The monoisotopic (exact) mass is 265 g/mol. The van der Waals surface area contributed by atoms with Gasteiger partial charge >= 0.3 is 6.03 Å². The maximum Gasteiger partial charge on any atom is 0.319 e. The van der Waals surface area contributed by atoms with Gasteiger partial charge in [0.05, 0.1) is 10.6 Å². The molecule has 0 saturated carbocycles. The molecule has 0 unspecified atom stereocenters. The van der Waals surface area contributed by atoms with Crippen LogP contribution in [0.2, 0.25) is 5.02 Å². The minimum Gasteiger partial charge on any atom is -0.335 e. The molecule has 0 spiro atoms. The predicted molar refractivity (Wildman–Crippen MR) is 72.7 cm³/mol. The third kappa shape index (κ3) is 4.27. The lowest BCUT2D eigenvalue weighted by molar-refractivity contribution is 0.248. The van der Waals surface area contributed by atoms with Gasteiger partial charge in [-0.1, -0.05) is 24.9 Å². The van der Waals surface area contributed by atoms with Crippen LogP contribution in [0.15, 0.2) is 18.2 Å². The van der Waals surface area contributed by atoms with E-state index in [-0.39, 0.29) is 12.1 Å². The zero-order valence-electron chi connectivity index (χ0n) is 10.5. The number of rotatable bonds is 4. The molecule has 0 radical (unpaired) electrons. The molecular weight excluding hydrogens is 250 g/mol. The van der Waals surface area contributed by atoms with Crippen molar-refractivity contribution in [3.8, 4) is 6.07 Å². The summed E-state index contributed by atoms with van der Waals surface area (Å²) in [5.41, 5.74) is 0.897. The number of carbonyl (C=O) groups is 1. The normalized spacial score (nSPS) is 11.4. The largest absolute Gasteiger partial charge is 0.335 e. The fourth-order valence-corrected chi connectivity index (χ4v) is 1.74. The minimum absolute atomic E-state index is 0.123. The zero-order valence-corrected chi connectivity index (χ0v) is 11.2. The van der Waals surface area contributed by atoms with Crippen LogP contribution < -0.4 is 10.6 Å². The lowest BCUT2D eigenvalue weighted by atomic mass is 10.2. The van der Waals surface area contributed by atoms with Crippen molar-refractivity contribution in [3.05, 3.63) is 28.8 Å². The topological polar surface area (TPSA) is 64.9 Å². The quantitative estimate of drug-likeness (QED) is 0.875. The lowest BCUT2D eigenvalue weighted by Gasteiger charge is -2.13. The standard InChI is InChI=1S/C13H16ClN3O/c1-3-4-9(2)16-13(18)17-11-5-6-12(14)10(7-11)8-15/h5-7,9H,3-4H2,1-2H3,(H2,16,17,18)/t9-/m1/s1. The summed E-state index contributed by atoms with van der Waals surface area (Å²) in [4.78, 5) is 11.6. The molecule has 5 heteroatoms. The maximum absolute atomic E-state index is 11.6. The summed E-state index contributed by atoms with van der Waals surface area (Å²) < 4.78 is 0. The van der Waals surface area contributed by atoms with E-state index in [1.807, 2.05) is 13.0 Å². The Kier molecular flexibility index (Phi) is 5.47. The van der Waals surface area contributed by atoms with Crippen LogP contribution in [0, 0.1) is 11.3 Å². The summed E-state index contributed by atoms with van der Waals surface area (Å²) >= 11 is 5.81. The van der Waals surface area contributed by atoms with E-state index in [0.717, 1.165) is 12.8 Å². The van der Waals surface area contributed by atoms with Gasteiger partial charge in [-0.25, -0.2) is 4.79 Å². The van der Waals surface area contributed by atoms with E-state index in [4.69, 9.17) is 16.9 Å². The van der Waals surface area contributed by atoms with Crippen molar-refractivity contribution >= 4 is 23.3 Å². The van der Waals surface area contributed by atoms with Crippen molar-refractivity contribution in [1.82, 2.24) is 5.32 Å². The van der Waals surface area contributed by atoms with Gasteiger partial charge in [-0.2, -0.15) is 5.26 Å². The molecule has 2 N–H and O–H groups in total. The molecule has 0 aromatic heterocycles. The average molecular weight is 266 g/mol. The van der Waals surface area contributed by atoms with Crippen molar-refractivity contribution in [3.63, 3.8) is 0 Å². The molecule has 0 fully saturated rings. The summed E-state index contributed by atoms with van der Waals surface area (Å²) in [7, 11) is 0. The van der Waals surface area contributed by atoms with Crippen molar-refractivity contribution in [1.29, 1.82) is 5.26 Å². The van der Waals surface area contributed by atoms with E-state index in [1.54, 1.807) is 18.2 Å². The number of urea groups is 1. The van der Waals surface area contributed by atoms with E-state index in [1.165, 1.54) is 0 Å². The average Bonchev–Trinajstić information content (AvgIpc) is 2.31. The molecule has 2 amide bonds. The summed E-state index contributed by atoms with van der Waals surface area (Å²) in [5, 5.41) is 14.7. The molecule has 4 nitrogen and oxygen atoms in total. The van der Waals surface area contributed by atoms with Crippen LogP contribution in [0.5, 0.6) is 0 Å². The number of benzene rings is 1. The van der Waals surface area contributed by atoms with Gasteiger partial charge in [0.25, 0.3) is 0 Å². The second-order valence-corrected chi connectivity index (χ2v) is 4.50. The highest BCUT2D eigenvalue weighted by molar-refractivity contribution is 6.31. The predicted octanol–water partition coefficient (Wildman–Crippen LogP) is 3.52. The van der Waals surface area contributed by atoms with Gasteiger partial charge in [0.15, 0.2) is 0 Å². The maximum atomic E-state index is 11.6. The number of hydrogen-bond donors (Lipinski definition) is 2. The van der Waals surface area contributed by atoms with Gasteiger partial charge in [-0.3, -0.25) is 0 Å². The molecule has 1 aromatic carbocycles. The fourth-order valence-electron chi connectivity index (χ4n) is 1.58. The third-order valence-corrected chi connectivity index (χ3v) is 2.77. The van der Waals surface area contributed by atoms with E-state index < -0.39 is 0 Å². The molecule has 0 bridgehead atoms. The number of anilines is 1. The van der Waals surface area contributed by atoms with Crippen molar-refractivity contribution in [2.75, 3.05) is 5.32 Å². The fraction of sp³-hybridized carbons (Fsp3) is 0.385.